The first-order chi connectivity index (χ1) is 9.66. The zero-order chi connectivity index (χ0) is 13.7. The highest BCUT2D eigenvalue weighted by Gasteiger charge is 2.55. The van der Waals surface area contributed by atoms with Crippen molar-refractivity contribution in [2.75, 3.05) is 0 Å². The number of hydrogen-bond donors (Lipinski definition) is 0. The van der Waals surface area contributed by atoms with Gasteiger partial charge >= 0.3 is 0 Å². The van der Waals surface area contributed by atoms with Crippen LogP contribution in [0.25, 0.3) is 0 Å². The lowest BCUT2D eigenvalue weighted by Gasteiger charge is -2.59. The van der Waals surface area contributed by atoms with Gasteiger partial charge in [0.1, 0.15) is 5.78 Å². The molecule has 0 heterocycles. The standard InChI is InChI=1S/C19H24O/c1-13(20)18(17-5-3-2-4-6-17)19-10-14-7-15(11-19)9-16(8-14)12-19/h2-6,14-16,18H,7-12H2,1H3. The van der Waals surface area contributed by atoms with Crippen molar-refractivity contribution in [3.05, 3.63) is 35.9 Å². The Balaban J connectivity index is 1.75. The van der Waals surface area contributed by atoms with E-state index in [1.54, 1.807) is 0 Å². The molecule has 0 saturated heterocycles. The highest BCUT2D eigenvalue weighted by atomic mass is 16.1. The third-order valence-corrected chi connectivity index (χ3v) is 6.24. The monoisotopic (exact) mass is 268 g/mol. The molecule has 0 aliphatic heterocycles. The van der Waals surface area contributed by atoms with Crippen LogP contribution in [0, 0.1) is 23.2 Å². The molecule has 1 nitrogen and oxygen atoms in total. The van der Waals surface area contributed by atoms with Crippen molar-refractivity contribution in [1.82, 2.24) is 0 Å². The summed E-state index contributed by atoms with van der Waals surface area (Å²) in [7, 11) is 0. The summed E-state index contributed by atoms with van der Waals surface area (Å²) in [6, 6.07) is 10.6. The number of Topliss-reactive ketones (excluding diaryl/α,β-unsaturated/α-hetero) is 1. The molecule has 1 heteroatoms. The molecule has 1 aromatic carbocycles. The molecular formula is C19H24O. The van der Waals surface area contributed by atoms with Gasteiger partial charge in [0.2, 0.25) is 0 Å². The highest BCUT2D eigenvalue weighted by Crippen LogP contribution is 2.64. The van der Waals surface area contributed by atoms with E-state index in [1.165, 1.54) is 44.1 Å². The van der Waals surface area contributed by atoms with Crippen molar-refractivity contribution in [3.8, 4) is 0 Å². The number of ketones is 1. The molecular weight excluding hydrogens is 244 g/mol. The van der Waals surface area contributed by atoms with Gasteiger partial charge in [0.05, 0.1) is 0 Å². The summed E-state index contributed by atoms with van der Waals surface area (Å²) in [5.74, 6) is 3.26. The first kappa shape index (κ1) is 12.6. The molecule has 106 valence electrons. The lowest BCUT2D eigenvalue weighted by molar-refractivity contribution is -0.129. The highest BCUT2D eigenvalue weighted by molar-refractivity contribution is 5.84. The van der Waals surface area contributed by atoms with Gasteiger partial charge in [-0.1, -0.05) is 30.3 Å². The van der Waals surface area contributed by atoms with Crippen LogP contribution < -0.4 is 0 Å². The van der Waals surface area contributed by atoms with Crippen LogP contribution in [0.15, 0.2) is 30.3 Å². The molecule has 0 spiro atoms. The number of carbonyl (C=O) groups is 1. The van der Waals surface area contributed by atoms with Crippen LogP contribution in [-0.4, -0.2) is 5.78 Å². The summed E-state index contributed by atoms with van der Waals surface area (Å²) in [6.07, 6.45) is 8.24. The fourth-order valence-electron chi connectivity index (χ4n) is 6.20. The topological polar surface area (TPSA) is 17.1 Å². The van der Waals surface area contributed by atoms with Crippen LogP contribution in [0.5, 0.6) is 0 Å². The van der Waals surface area contributed by atoms with Crippen molar-refractivity contribution < 1.29 is 4.79 Å². The van der Waals surface area contributed by atoms with E-state index in [0.29, 0.717) is 11.2 Å². The van der Waals surface area contributed by atoms with Crippen LogP contribution in [0.1, 0.15) is 56.9 Å². The number of benzene rings is 1. The molecule has 1 unspecified atom stereocenters. The minimum absolute atomic E-state index is 0.150. The van der Waals surface area contributed by atoms with E-state index in [-0.39, 0.29) is 5.92 Å². The Hall–Kier alpha value is -1.11. The Morgan fingerprint density at radius 2 is 1.50 bits per heavy atom. The van der Waals surface area contributed by atoms with Crippen molar-refractivity contribution >= 4 is 5.78 Å². The normalized spacial score (nSPS) is 39.8. The third kappa shape index (κ3) is 1.86. The summed E-state index contributed by atoms with van der Waals surface area (Å²) < 4.78 is 0. The Bertz CT molecular complexity index is 481. The lowest BCUT2D eigenvalue weighted by Crippen LogP contribution is -2.50. The van der Waals surface area contributed by atoms with Gasteiger partial charge < -0.3 is 0 Å². The Labute approximate surface area is 121 Å². The second kappa shape index (κ2) is 4.44. The number of hydrogen-bond acceptors (Lipinski definition) is 1. The quantitative estimate of drug-likeness (QED) is 0.784. The molecule has 0 amide bonds. The fourth-order valence-corrected chi connectivity index (χ4v) is 6.20. The number of rotatable bonds is 3. The molecule has 0 radical (unpaired) electrons. The summed E-state index contributed by atoms with van der Waals surface area (Å²) in [6.45, 7) is 1.82. The van der Waals surface area contributed by atoms with Crippen LogP contribution in [-0.2, 0) is 4.79 Å². The van der Waals surface area contributed by atoms with E-state index in [4.69, 9.17) is 0 Å². The van der Waals surface area contributed by atoms with Crippen LogP contribution in [0.2, 0.25) is 0 Å². The summed E-state index contributed by atoms with van der Waals surface area (Å²) >= 11 is 0. The second-order valence-electron chi connectivity index (χ2n) is 7.73. The molecule has 0 aromatic heterocycles. The molecule has 5 rings (SSSR count). The van der Waals surface area contributed by atoms with Crippen LogP contribution in [0.3, 0.4) is 0 Å². The molecule has 4 aliphatic carbocycles. The predicted octanol–water partition coefficient (Wildman–Crippen LogP) is 4.58. The molecule has 4 fully saturated rings. The Morgan fingerprint density at radius 3 is 1.95 bits per heavy atom. The van der Waals surface area contributed by atoms with Crippen molar-refractivity contribution in [1.29, 1.82) is 0 Å². The van der Waals surface area contributed by atoms with Gasteiger partial charge in [0, 0.05) is 5.92 Å². The van der Waals surface area contributed by atoms with Crippen molar-refractivity contribution in [2.24, 2.45) is 23.2 Å². The molecule has 4 saturated carbocycles. The third-order valence-electron chi connectivity index (χ3n) is 6.24. The molecule has 4 aliphatic rings. The van der Waals surface area contributed by atoms with Crippen LogP contribution >= 0.6 is 0 Å². The largest absolute Gasteiger partial charge is 0.299 e. The maximum atomic E-state index is 12.5. The van der Waals surface area contributed by atoms with Gasteiger partial charge in [-0.3, -0.25) is 4.79 Å². The first-order valence-corrected chi connectivity index (χ1v) is 8.22. The van der Waals surface area contributed by atoms with Gasteiger partial charge in [-0.05, 0) is 74.2 Å². The fraction of sp³-hybridized carbons (Fsp3) is 0.632. The number of carbonyl (C=O) groups excluding carboxylic acids is 1. The zero-order valence-corrected chi connectivity index (χ0v) is 12.3. The zero-order valence-electron chi connectivity index (χ0n) is 12.3. The average molecular weight is 268 g/mol. The van der Waals surface area contributed by atoms with Crippen LogP contribution in [0.4, 0.5) is 0 Å². The molecule has 1 atom stereocenters. The lowest BCUT2D eigenvalue weighted by atomic mass is 9.45. The first-order valence-electron chi connectivity index (χ1n) is 8.22. The summed E-state index contributed by atoms with van der Waals surface area (Å²) in [5, 5.41) is 0. The summed E-state index contributed by atoms with van der Waals surface area (Å²) in [5.41, 5.74) is 1.56. The smallest absolute Gasteiger partial charge is 0.137 e. The van der Waals surface area contributed by atoms with Gasteiger partial charge in [0.25, 0.3) is 0 Å². The minimum atomic E-state index is 0.150. The average Bonchev–Trinajstić information content (AvgIpc) is 2.37. The molecule has 20 heavy (non-hydrogen) atoms. The Morgan fingerprint density at radius 1 is 1.00 bits per heavy atom. The van der Waals surface area contributed by atoms with E-state index >= 15 is 0 Å². The van der Waals surface area contributed by atoms with Gasteiger partial charge in [0.15, 0.2) is 0 Å². The van der Waals surface area contributed by atoms with Crippen molar-refractivity contribution in [3.63, 3.8) is 0 Å². The van der Waals surface area contributed by atoms with E-state index < -0.39 is 0 Å². The van der Waals surface area contributed by atoms with Gasteiger partial charge in [-0.15, -0.1) is 0 Å². The molecule has 1 aromatic rings. The predicted molar refractivity (Wildman–Crippen MR) is 80.5 cm³/mol. The molecule has 0 N–H and O–H groups in total. The Kier molecular flexibility index (Phi) is 2.80. The van der Waals surface area contributed by atoms with Gasteiger partial charge in [-0.2, -0.15) is 0 Å². The van der Waals surface area contributed by atoms with E-state index in [1.807, 2.05) is 6.92 Å². The second-order valence-corrected chi connectivity index (χ2v) is 7.73. The SMILES string of the molecule is CC(=O)C(c1ccccc1)C12CC3CC(CC(C3)C1)C2. The van der Waals surface area contributed by atoms with Gasteiger partial charge in [-0.25, -0.2) is 0 Å². The maximum absolute atomic E-state index is 12.5. The van der Waals surface area contributed by atoms with E-state index in [2.05, 4.69) is 30.3 Å². The maximum Gasteiger partial charge on any atom is 0.137 e. The van der Waals surface area contributed by atoms with Crippen molar-refractivity contribution in [2.45, 2.75) is 51.4 Å². The minimum Gasteiger partial charge on any atom is -0.299 e. The summed E-state index contributed by atoms with van der Waals surface area (Å²) in [4.78, 5) is 12.5. The van der Waals surface area contributed by atoms with E-state index in [0.717, 1.165) is 17.8 Å². The van der Waals surface area contributed by atoms with E-state index in [9.17, 15) is 4.79 Å². The molecule has 4 bridgehead atoms.